The molecule has 4 rings (SSSR count). The molecule has 1 aliphatic carbocycles. The number of carbonyl (C=O) groups is 4. The summed E-state index contributed by atoms with van der Waals surface area (Å²) >= 11 is 0. The number of hydrogen-bond acceptors (Lipinski definition) is 5. The van der Waals surface area contributed by atoms with Crippen LogP contribution in [0.2, 0.25) is 0 Å². The van der Waals surface area contributed by atoms with E-state index in [1.807, 2.05) is 0 Å². The fourth-order valence-corrected chi connectivity index (χ4v) is 5.59. The van der Waals surface area contributed by atoms with E-state index in [0.717, 1.165) is 32.1 Å². The topological polar surface area (TPSA) is 110 Å². The zero-order valence-corrected chi connectivity index (χ0v) is 18.0. The van der Waals surface area contributed by atoms with Crippen LogP contribution in [0.25, 0.3) is 0 Å². The third-order valence-corrected chi connectivity index (χ3v) is 7.04. The van der Waals surface area contributed by atoms with E-state index in [-0.39, 0.29) is 24.3 Å². The fourth-order valence-electron chi connectivity index (χ4n) is 5.59. The van der Waals surface area contributed by atoms with E-state index in [0.29, 0.717) is 11.3 Å². The summed E-state index contributed by atoms with van der Waals surface area (Å²) in [7, 11) is 1.56. The molecule has 1 aromatic carbocycles. The van der Waals surface area contributed by atoms with Gasteiger partial charge in [0.1, 0.15) is 11.8 Å². The van der Waals surface area contributed by atoms with Gasteiger partial charge in [0, 0.05) is 12.5 Å². The summed E-state index contributed by atoms with van der Waals surface area (Å²) < 4.78 is 5.24. The molecule has 0 bridgehead atoms. The Bertz CT molecular complexity index is 893. The molecule has 4 atom stereocenters. The normalized spacial score (nSPS) is 28.7. The van der Waals surface area contributed by atoms with E-state index in [2.05, 4.69) is 0 Å². The van der Waals surface area contributed by atoms with Crippen molar-refractivity contribution in [1.82, 2.24) is 9.80 Å². The highest BCUT2D eigenvalue weighted by atomic mass is 16.5. The summed E-state index contributed by atoms with van der Waals surface area (Å²) in [5.74, 6) is -3.02. The molecular formula is C23H29N3O5. The minimum absolute atomic E-state index is 0.178. The molecule has 31 heavy (non-hydrogen) atoms. The van der Waals surface area contributed by atoms with E-state index in [1.165, 1.54) is 9.80 Å². The fraction of sp³-hybridized carbons (Fsp3) is 0.565. The van der Waals surface area contributed by atoms with Crippen LogP contribution in [0.4, 0.5) is 0 Å². The summed E-state index contributed by atoms with van der Waals surface area (Å²) in [5, 5.41) is 0. The molecule has 0 aromatic heterocycles. The van der Waals surface area contributed by atoms with Gasteiger partial charge in [0.25, 0.3) is 0 Å². The second kappa shape index (κ2) is 8.32. The minimum atomic E-state index is -1.13. The smallest absolute Gasteiger partial charge is 0.241 e. The molecule has 8 heteroatoms. The number of fused-ring (bicyclic) bond motifs is 1. The van der Waals surface area contributed by atoms with Crippen molar-refractivity contribution >= 4 is 23.6 Å². The minimum Gasteiger partial charge on any atom is -0.497 e. The van der Waals surface area contributed by atoms with Crippen molar-refractivity contribution in [1.29, 1.82) is 0 Å². The van der Waals surface area contributed by atoms with Gasteiger partial charge in [0.2, 0.25) is 23.6 Å². The molecule has 2 heterocycles. The number of rotatable bonds is 5. The van der Waals surface area contributed by atoms with E-state index in [1.54, 1.807) is 38.3 Å². The SMILES string of the molecule is CCN1C(=O)C2C(C1=O)C(c1ccc(OC)cc1)N(C(=O)C1CCCCC1)C2C(N)=O. The van der Waals surface area contributed by atoms with Gasteiger partial charge in [-0.05, 0) is 37.5 Å². The van der Waals surface area contributed by atoms with Crippen molar-refractivity contribution in [3.8, 4) is 5.75 Å². The molecule has 2 N–H and O–H groups in total. The number of amides is 4. The van der Waals surface area contributed by atoms with Crippen molar-refractivity contribution in [3.63, 3.8) is 0 Å². The lowest BCUT2D eigenvalue weighted by Gasteiger charge is -2.36. The molecule has 4 amide bonds. The number of carbonyl (C=O) groups excluding carboxylic acids is 4. The first kappa shape index (κ1) is 21.3. The molecule has 166 valence electrons. The maximum absolute atomic E-state index is 13.7. The summed E-state index contributed by atoms with van der Waals surface area (Å²) in [6.07, 6.45) is 4.47. The van der Waals surface area contributed by atoms with Crippen LogP contribution in [-0.2, 0) is 19.2 Å². The van der Waals surface area contributed by atoms with Crippen molar-refractivity contribution in [2.45, 2.75) is 51.1 Å². The predicted molar refractivity (Wildman–Crippen MR) is 112 cm³/mol. The van der Waals surface area contributed by atoms with Crippen LogP contribution in [0.3, 0.4) is 0 Å². The molecule has 2 saturated heterocycles. The van der Waals surface area contributed by atoms with E-state index < -0.39 is 35.7 Å². The lowest BCUT2D eigenvalue weighted by Crippen LogP contribution is -2.52. The van der Waals surface area contributed by atoms with Crippen LogP contribution in [0, 0.1) is 17.8 Å². The molecular weight excluding hydrogens is 398 g/mol. The maximum atomic E-state index is 13.7. The molecule has 4 unspecified atom stereocenters. The van der Waals surface area contributed by atoms with Gasteiger partial charge in [-0.1, -0.05) is 31.4 Å². The second-order valence-corrected chi connectivity index (χ2v) is 8.62. The number of nitrogens with zero attached hydrogens (tertiary/aromatic N) is 2. The molecule has 3 fully saturated rings. The summed E-state index contributed by atoms with van der Waals surface area (Å²) in [4.78, 5) is 55.3. The molecule has 1 saturated carbocycles. The highest BCUT2D eigenvalue weighted by Gasteiger charge is 2.65. The van der Waals surface area contributed by atoms with Crippen LogP contribution in [0.5, 0.6) is 5.75 Å². The standard InChI is InChI=1S/C23H29N3O5/c1-3-25-22(29)16-17(23(25)30)19(20(24)27)26(21(28)14-7-5-4-6-8-14)18(16)13-9-11-15(31-2)12-10-13/h9-12,14,16-19H,3-8H2,1-2H3,(H2,24,27). The molecule has 8 nitrogen and oxygen atoms in total. The predicted octanol–water partition coefficient (Wildman–Crippen LogP) is 1.63. The van der Waals surface area contributed by atoms with E-state index in [9.17, 15) is 19.2 Å². The van der Waals surface area contributed by atoms with Gasteiger partial charge in [-0.25, -0.2) is 0 Å². The Labute approximate surface area is 181 Å². The lowest BCUT2D eigenvalue weighted by molar-refractivity contribution is -0.149. The Morgan fingerprint density at radius 3 is 2.19 bits per heavy atom. The second-order valence-electron chi connectivity index (χ2n) is 8.62. The molecule has 0 radical (unpaired) electrons. The monoisotopic (exact) mass is 427 g/mol. The van der Waals surface area contributed by atoms with E-state index >= 15 is 0 Å². The van der Waals surface area contributed by atoms with Gasteiger partial charge in [-0.15, -0.1) is 0 Å². The zero-order valence-electron chi connectivity index (χ0n) is 18.0. The Morgan fingerprint density at radius 1 is 1.03 bits per heavy atom. The molecule has 3 aliphatic rings. The number of hydrogen-bond donors (Lipinski definition) is 1. The summed E-state index contributed by atoms with van der Waals surface area (Å²) in [6.45, 7) is 1.95. The van der Waals surface area contributed by atoms with Gasteiger partial charge in [0.05, 0.1) is 25.0 Å². The number of benzene rings is 1. The number of likely N-dealkylation sites (tertiary alicyclic amines) is 2. The Kier molecular flexibility index (Phi) is 5.73. The Hall–Kier alpha value is -2.90. The lowest BCUT2D eigenvalue weighted by atomic mass is 9.86. The highest BCUT2D eigenvalue weighted by Crippen LogP contribution is 2.51. The number of primary amides is 1. The van der Waals surface area contributed by atoms with Gasteiger partial charge < -0.3 is 15.4 Å². The van der Waals surface area contributed by atoms with Crippen molar-refractivity contribution in [2.24, 2.45) is 23.5 Å². The first-order chi connectivity index (χ1) is 14.9. The quantitative estimate of drug-likeness (QED) is 0.718. The van der Waals surface area contributed by atoms with Crippen LogP contribution in [-0.4, -0.2) is 53.1 Å². The highest BCUT2D eigenvalue weighted by molar-refractivity contribution is 6.10. The zero-order chi connectivity index (χ0) is 22.3. The number of methoxy groups -OCH3 is 1. The molecule has 1 aromatic rings. The van der Waals surface area contributed by atoms with Gasteiger partial charge in [-0.3, -0.25) is 24.1 Å². The Balaban J connectivity index is 1.82. The van der Waals surface area contributed by atoms with Crippen molar-refractivity contribution < 1.29 is 23.9 Å². The number of imide groups is 1. The molecule has 0 spiro atoms. The molecule has 2 aliphatic heterocycles. The van der Waals surface area contributed by atoms with Gasteiger partial charge >= 0.3 is 0 Å². The summed E-state index contributed by atoms with van der Waals surface area (Å²) in [5.41, 5.74) is 6.45. The van der Waals surface area contributed by atoms with Crippen LogP contribution < -0.4 is 10.5 Å². The van der Waals surface area contributed by atoms with Crippen molar-refractivity contribution in [2.75, 3.05) is 13.7 Å². The summed E-state index contributed by atoms with van der Waals surface area (Å²) in [6, 6.07) is 5.25. The van der Waals surface area contributed by atoms with Gasteiger partial charge in [0.15, 0.2) is 0 Å². The van der Waals surface area contributed by atoms with Gasteiger partial charge in [-0.2, -0.15) is 0 Å². The number of ether oxygens (including phenoxy) is 1. The van der Waals surface area contributed by atoms with Crippen LogP contribution >= 0.6 is 0 Å². The van der Waals surface area contributed by atoms with Crippen LogP contribution in [0.1, 0.15) is 50.6 Å². The van der Waals surface area contributed by atoms with Crippen molar-refractivity contribution in [3.05, 3.63) is 29.8 Å². The van der Waals surface area contributed by atoms with Crippen LogP contribution in [0.15, 0.2) is 24.3 Å². The third-order valence-electron chi connectivity index (χ3n) is 7.04. The average Bonchev–Trinajstić information content (AvgIpc) is 3.26. The first-order valence-electron chi connectivity index (χ1n) is 11.0. The third kappa shape index (κ3) is 3.38. The average molecular weight is 428 g/mol. The number of nitrogens with two attached hydrogens (primary N) is 1. The Morgan fingerprint density at radius 2 is 1.65 bits per heavy atom. The maximum Gasteiger partial charge on any atom is 0.241 e. The van der Waals surface area contributed by atoms with E-state index in [4.69, 9.17) is 10.5 Å². The first-order valence-corrected chi connectivity index (χ1v) is 11.0. The largest absolute Gasteiger partial charge is 0.497 e.